The van der Waals surface area contributed by atoms with Crippen molar-refractivity contribution in [1.82, 2.24) is 0 Å². The van der Waals surface area contributed by atoms with Crippen LogP contribution in [-0.2, 0) is 4.74 Å². The molecule has 0 aromatic carbocycles. The highest BCUT2D eigenvalue weighted by Crippen LogP contribution is 2.38. The van der Waals surface area contributed by atoms with Crippen LogP contribution in [0.3, 0.4) is 0 Å². The van der Waals surface area contributed by atoms with Crippen LogP contribution in [0.2, 0.25) is 0 Å². The second kappa shape index (κ2) is 2.64. The van der Waals surface area contributed by atoms with E-state index in [1.54, 1.807) is 0 Å². The Bertz CT molecular complexity index is 209. The number of rotatable bonds is 1. The molecule has 2 N–H and O–H groups in total. The van der Waals surface area contributed by atoms with Gasteiger partial charge in [-0.1, -0.05) is 12.8 Å². The average Bonchev–Trinajstić information content (AvgIpc) is 2.59. The normalized spacial score (nSPS) is 36.6. The van der Waals surface area contributed by atoms with Crippen molar-refractivity contribution in [3.05, 3.63) is 0 Å². The van der Waals surface area contributed by atoms with E-state index in [0.29, 0.717) is 18.5 Å². The monoisotopic (exact) mass is 168 g/mol. The van der Waals surface area contributed by atoms with Crippen LogP contribution in [0.1, 0.15) is 32.6 Å². The number of hydrogen-bond donors (Lipinski definition) is 1. The van der Waals surface area contributed by atoms with E-state index in [1.807, 2.05) is 0 Å². The molecular weight excluding hydrogens is 152 g/mol. The summed E-state index contributed by atoms with van der Waals surface area (Å²) < 4.78 is 5.21. The molecule has 0 aromatic rings. The van der Waals surface area contributed by atoms with Gasteiger partial charge >= 0.3 is 0 Å². The van der Waals surface area contributed by atoms with E-state index in [2.05, 4.69) is 11.9 Å². The molecule has 1 fully saturated rings. The summed E-state index contributed by atoms with van der Waals surface area (Å²) in [5.41, 5.74) is 5.49. The Morgan fingerprint density at radius 1 is 1.50 bits per heavy atom. The first-order valence-electron chi connectivity index (χ1n) is 4.69. The average molecular weight is 168 g/mol. The van der Waals surface area contributed by atoms with Gasteiger partial charge in [-0.25, -0.2) is 4.99 Å². The molecule has 0 bridgehead atoms. The Kier molecular flexibility index (Phi) is 1.74. The summed E-state index contributed by atoms with van der Waals surface area (Å²) in [5.74, 6) is 0.693. The molecule has 0 amide bonds. The van der Waals surface area contributed by atoms with Crippen LogP contribution in [-0.4, -0.2) is 18.2 Å². The molecule has 2 aliphatic rings. The lowest BCUT2D eigenvalue weighted by Gasteiger charge is -2.25. The Morgan fingerprint density at radius 3 is 2.67 bits per heavy atom. The van der Waals surface area contributed by atoms with Crippen LogP contribution in [0.4, 0.5) is 0 Å². The van der Waals surface area contributed by atoms with Gasteiger partial charge in [0.2, 0.25) is 0 Å². The summed E-state index contributed by atoms with van der Waals surface area (Å²) >= 11 is 0. The smallest absolute Gasteiger partial charge is 0.282 e. The third-order valence-corrected chi connectivity index (χ3v) is 3.11. The molecule has 1 heterocycles. The molecule has 0 spiro atoms. The largest absolute Gasteiger partial charge is 0.463 e. The van der Waals surface area contributed by atoms with Gasteiger partial charge in [-0.15, -0.1) is 0 Å². The van der Waals surface area contributed by atoms with Crippen molar-refractivity contribution < 1.29 is 4.74 Å². The van der Waals surface area contributed by atoms with Crippen LogP contribution in [0.15, 0.2) is 4.99 Å². The van der Waals surface area contributed by atoms with Gasteiger partial charge in [0.25, 0.3) is 6.02 Å². The molecule has 1 atom stereocenters. The molecule has 3 nitrogen and oxygen atoms in total. The lowest BCUT2D eigenvalue weighted by atomic mass is 9.86. The SMILES string of the molecule is CC1(C2CCCC2)COC(N)=N1. The van der Waals surface area contributed by atoms with Crippen molar-refractivity contribution in [2.24, 2.45) is 16.6 Å². The fraction of sp³-hybridized carbons (Fsp3) is 0.889. The second-order valence-electron chi connectivity index (χ2n) is 4.08. The zero-order valence-corrected chi connectivity index (χ0v) is 7.55. The Hall–Kier alpha value is -0.730. The highest BCUT2D eigenvalue weighted by molar-refractivity contribution is 5.73. The Labute approximate surface area is 73.0 Å². The molecule has 2 rings (SSSR count). The highest BCUT2D eigenvalue weighted by Gasteiger charge is 2.40. The summed E-state index contributed by atoms with van der Waals surface area (Å²) in [5, 5.41) is 0. The number of hydrogen-bond acceptors (Lipinski definition) is 3. The quantitative estimate of drug-likeness (QED) is 0.641. The summed E-state index contributed by atoms with van der Waals surface area (Å²) in [7, 11) is 0. The lowest BCUT2D eigenvalue weighted by molar-refractivity contribution is 0.206. The van der Waals surface area contributed by atoms with Crippen molar-refractivity contribution in [3.8, 4) is 0 Å². The van der Waals surface area contributed by atoms with Crippen LogP contribution in [0.5, 0.6) is 0 Å². The van der Waals surface area contributed by atoms with Gasteiger partial charge in [0.1, 0.15) is 12.1 Å². The van der Waals surface area contributed by atoms with Crippen LogP contribution < -0.4 is 5.73 Å². The maximum absolute atomic E-state index is 5.51. The molecule has 68 valence electrons. The fourth-order valence-corrected chi connectivity index (χ4v) is 2.29. The first-order valence-corrected chi connectivity index (χ1v) is 4.69. The van der Waals surface area contributed by atoms with E-state index in [0.717, 1.165) is 0 Å². The zero-order valence-electron chi connectivity index (χ0n) is 7.55. The molecule has 1 aliphatic carbocycles. The third kappa shape index (κ3) is 1.17. The van der Waals surface area contributed by atoms with E-state index in [9.17, 15) is 0 Å². The summed E-state index contributed by atoms with van der Waals surface area (Å²) in [6, 6.07) is 0.379. The van der Waals surface area contributed by atoms with E-state index < -0.39 is 0 Å². The third-order valence-electron chi connectivity index (χ3n) is 3.11. The molecular formula is C9H16N2O. The molecule has 1 unspecified atom stereocenters. The van der Waals surface area contributed by atoms with Crippen molar-refractivity contribution in [2.45, 2.75) is 38.1 Å². The topological polar surface area (TPSA) is 47.6 Å². The summed E-state index contributed by atoms with van der Waals surface area (Å²) in [4.78, 5) is 4.37. The number of nitrogens with zero attached hydrogens (tertiary/aromatic N) is 1. The van der Waals surface area contributed by atoms with Gasteiger partial charge in [0, 0.05) is 0 Å². The van der Waals surface area contributed by atoms with Crippen LogP contribution in [0, 0.1) is 5.92 Å². The number of amidine groups is 1. The number of aliphatic imine (C=N–C) groups is 1. The maximum Gasteiger partial charge on any atom is 0.282 e. The van der Waals surface area contributed by atoms with Gasteiger partial charge in [-0.3, -0.25) is 0 Å². The lowest BCUT2D eigenvalue weighted by Crippen LogP contribution is -2.32. The summed E-state index contributed by atoms with van der Waals surface area (Å²) in [6.45, 7) is 2.84. The van der Waals surface area contributed by atoms with Crippen molar-refractivity contribution in [2.75, 3.05) is 6.61 Å². The molecule has 0 aromatic heterocycles. The minimum absolute atomic E-state index is 0.0133. The molecule has 12 heavy (non-hydrogen) atoms. The Balaban J connectivity index is 2.10. The minimum atomic E-state index is -0.0133. The van der Waals surface area contributed by atoms with Gasteiger partial charge in [0.05, 0.1) is 0 Å². The predicted molar refractivity (Wildman–Crippen MR) is 47.9 cm³/mol. The van der Waals surface area contributed by atoms with Crippen LogP contribution >= 0.6 is 0 Å². The minimum Gasteiger partial charge on any atom is -0.463 e. The molecule has 0 saturated heterocycles. The van der Waals surface area contributed by atoms with E-state index >= 15 is 0 Å². The first-order chi connectivity index (χ1) is 5.71. The highest BCUT2D eigenvalue weighted by atomic mass is 16.5. The van der Waals surface area contributed by atoms with Crippen molar-refractivity contribution in [1.29, 1.82) is 0 Å². The molecule has 0 radical (unpaired) electrons. The first kappa shape index (κ1) is 7.90. The van der Waals surface area contributed by atoms with E-state index in [-0.39, 0.29) is 5.54 Å². The van der Waals surface area contributed by atoms with Gasteiger partial charge in [-0.05, 0) is 25.7 Å². The predicted octanol–water partition coefficient (Wildman–Crippen LogP) is 1.28. The molecule has 1 saturated carbocycles. The zero-order chi connectivity index (χ0) is 8.60. The standard InChI is InChI=1S/C9H16N2O/c1-9(6-12-8(10)11-9)7-4-2-3-5-7/h7H,2-6H2,1H3,(H2,10,11). The molecule has 1 aliphatic heterocycles. The van der Waals surface area contributed by atoms with Gasteiger partial charge < -0.3 is 10.5 Å². The van der Waals surface area contributed by atoms with E-state index in [4.69, 9.17) is 10.5 Å². The van der Waals surface area contributed by atoms with Crippen molar-refractivity contribution >= 4 is 6.02 Å². The van der Waals surface area contributed by atoms with Gasteiger partial charge in [-0.2, -0.15) is 0 Å². The second-order valence-corrected chi connectivity index (χ2v) is 4.08. The fourth-order valence-electron chi connectivity index (χ4n) is 2.29. The number of ether oxygens (including phenoxy) is 1. The van der Waals surface area contributed by atoms with E-state index in [1.165, 1.54) is 25.7 Å². The van der Waals surface area contributed by atoms with Crippen LogP contribution in [0.25, 0.3) is 0 Å². The van der Waals surface area contributed by atoms with Gasteiger partial charge in [0.15, 0.2) is 0 Å². The summed E-state index contributed by atoms with van der Waals surface area (Å²) in [6.07, 6.45) is 5.26. The Morgan fingerprint density at radius 2 is 2.17 bits per heavy atom. The molecule has 3 heteroatoms. The number of nitrogens with two attached hydrogens (primary N) is 1. The maximum atomic E-state index is 5.51. The van der Waals surface area contributed by atoms with Crippen molar-refractivity contribution in [3.63, 3.8) is 0 Å².